The smallest absolute Gasteiger partial charge is 0.175 e. The lowest BCUT2D eigenvalue weighted by Gasteiger charge is -2.15. The third-order valence-corrected chi connectivity index (χ3v) is 2.31. The van der Waals surface area contributed by atoms with Gasteiger partial charge in [-0.2, -0.15) is 0 Å². The summed E-state index contributed by atoms with van der Waals surface area (Å²) >= 11 is 0. The van der Waals surface area contributed by atoms with Gasteiger partial charge in [0.1, 0.15) is 12.0 Å². The Balaban J connectivity index is 3.15. The van der Waals surface area contributed by atoms with Gasteiger partial charge in [-0.3, -0.25) is 0 Å². The molecule has 0 aliphatic carbocycles. The average molecular weight is 268 g/mol. The number of hydrogen-bond acceptors (Lipinski definition) is 7. The van der Waals surface area contributed by atoms with Crippen molar-refractivity contribution in [2.24, 2.45) is 0 Å². The zero-order chi connectivity index (χ0) is 14.3. The molecule has 7 heteroatoms. The minimum Gasteiger partial charge on any atom is -0.516 e. The number of rotatable bonds is 2. The summed E-state index contributed by atoms with van der Waals surface area (Å²) in [6, 6.07) is 0. The summed E-state index contributed by atoms with van der Waals surface area (Å²) in [5.41, 5.74) is 0.427. The maximum atomic E-state index is 9.56. The van der Waals surface area contributed by atoms with Gasteiger partial charge >= 0.3 is 0 Å². The van der Waals surface area contributed by atoms with Crippen LogP contribution < -0.4 is 10.6 Å². The molecule has 7 nitrogen and oxygen atoms in total. The van der Waals surface area contributed by atoms with Gasteiger partial charge in [-0.15, -0.1) is 0 Å². The van der Waals surface area contributed by atoms with Gasteiger partial charge in [0.15, 0.2) is 17.3 Å². The number of hydrogen-bond donors (Lipinski definition) is 7. The topological polar surface area (TPSA) is 125 Å². The summed E-state index contributed by atoms with van der Waals surface area (Å²) in [5, 5.41) is 51.6. The van der Waals surface area contributed by atoms with Gasteiger partial charge in [0.05, 0.1) is 12.0 Å². The Morgan fingerprint density at radius 2 is 1.63 bits per heavy atom. The van der Waals surface area contributed by atoms with E-state index in [9.17, 15) is 15.3 Å². The molecule has 0 aromatic carbocycles. The Morgan fingerprint density at radius 3 is 2.16 bits per heavy atom. The Kier molecular flexibility index (Phi) is 5.21. The molecule has 1 heterocycles. The van der Waals surface area contributed by atoms with Crippen LogP contribution in [0.15, 0.2) is 59.4 Å². The predicted molar refractivity (Wildman–Crippen MR) is 69.6 cm³/mol. The monoisotopic (exact) mass is 268 g/mol. The lowest BCUT2D eigenvalue weighted by molar-refractivity contribution is 0.323. The highest BCUT2D eigenvalue weighted by Crippen LogP contribution is 2.11. The zero-order valence-corrected chi connectivity index (χ0v) is 10.0. The van der Waals surface area contributed by atoms with Gasteiger partial charge in [0.2, 0.25) is 0 Å². The van der Waals surface area contributed by atoms with E-state index in [1.54, 1.807) is 0 Å². The molecule has 0 bridgehead atoms. The SMILES string of the molecule is O/C=C(O)/C1=C(\C=C\O)NC/C=C(O)\C(O)=C/CN1. The molecule has 104 valence electrons. The minimum absolute atomic E-state index is 0.0847. The lowest BCUT2D eigenvalue weighted by atomic mass is 10.2. The van der Waals surface area contributed by atoms with Gasteiger partial charge in [-0.25, -0.2) is 0 Å². The van der Waals surface area contributed by atoms with Crippen LogP contribution in [0.2, 0.25) is 0 Å². The van der Waals surface area contributed by atoms with Gasteiger partial charge in [0, 0.05) is 13.1 Å². The van der Waals surface area contributed by atoms with Crippen LogP contribution in [0.1, 0.15) is 0 Å². The van der Waals surface area contributed by atoms with E-state index in [-0.39, 0.29) is 30.3 Å². The maximum Gasteiger partial charge on any atom is 0.175 e. The Morgan fingerprint density at radius 1 is 1.05 bits per heavy atom. The largest absolute Gasteiger partial charge is 0.516 e. The van der Waals surface area contributed by atoms with Crippen molar-refractivity contribution in [1.82, 2.24) is 10.6 Å². The van der Waals surface area contributed by atoms with Crippen molar-refractivity contribution in [3.63, 3.8) is 0 Å². The average Bonchev–Trinajstić information content (AvgIpc) is 2.41. The van der Waals surface area contributed by atoms with Crippen molar-refractivity contribution in [2.75, 3.05) is 13.1 Å². The number of aliphatic hydroxyl groups excluding tert-OH is 5. The molecule has 0 radical (unpaired) electrons. The van der Waals surface area contributed by atoms with Gasteiger partial charge in [0.25, 0.3) is 0 Å². The van der Waals surface area contributed by atoms with Crippen molar-refractivity contribution in [1.29, 1.82) is 0 Å². The van der Waals surface area contributed by atoms with E-state index >= 15 is 0 Å². The molecule has 0 amide bonds. The highest BCUT2D eigenvalue weighted by Gasteiger charge is 2.11. The molecule has 0 saturated heterocycles. The second-order valence-electron chi connectivity index (χ2n) is 3.56. The van der Waals surface area contributed by atoms with E-state index in [1.807, 2.05) is 0 Å². The first-order valence-electron chi connectivity index (χ1n) is 5.45. The van der Waals surface area contributed by atoms with Crippen LogP contribution in [0.4, 0.5) is 0 Å². The molecule has 7 N–H and O–H groups in total. The van der Waals surface area contributed by atoms with Crippen LogP contribution in [0.25, 0.3) is 0 Å². The first kappa shape index (κ1) is 14.4. The molecule has 0 atom stereocenters. The van der Waals surface area contributed by atoms with E-state index in [4.69, 9.17) is 10.2 Å². The zero-order valence-electron chi connectivity index (χ0n) is 10.0. The fourth-order valence-corrected chi connectivity index (χ4v) is 1.41. The summed E-state index contributed by atoms with van der Waals surface area (Å²) in [6.45, 7) is 0.217. The summed E-state index contributed by atoms with van der Waals surface area (Å²) in [7, 11) is 0. The van der Waals surface area contributed by atoms with Crippen molar-refractivity contribution >= 4 is 0 Å². The highest BCUT2D eigenvalue weighted by molar-refractivity contribution is 5.35. The molecular weight excluding hydrogens is 252 g/mol. The van der Waals surface area contributed by atoms with E-state index in [1.165, 1.54) is 18.2 Å². The summed E-state index contributed by atoms with van der Waals surface area (Å²) < 4.78 is 0. The van der Waals surface area contributed by atoms with E-state index in [2.05, 4.69) is 10.6 Å². The van der Waals surface area contributed by atoms with Crippen molar-refractivity contribution in [3.8, 4) is 0 Å². The van der Waals surface area contributed by atoms with E-state index < -0.39 is 5.76 Å². The molecular formula is C12H16N2O5. The van der Waals surface area contributed by atoms with E-state index in [0.29, 0.717) is 12.0 Å². The first-order valence-corrected chi connectivity index (χ1v) is 5.45. The van der Waals surface area contributed by atoms with Crippen LogP contribution in [0.5, 0.6) is 0 Å². The van der Waals surface area contributed by atoms with Gasteiger partial charge in [-0.1, -0.05) is 0 Å². The number of aliphatic hydroxyl groups is 5. The highest BCUT2D eigenvalue weighted by atomic mass is 16.3. The number of allylic oxidation sites excluding steroid dienone is 1. The molecule has 1 aliphatic heterocycles. The van der Waals surface area contributed by atoms with Crippen LogP contribution in [-0.2, 0) is 0 Å². The first-order chi connectivity index (χ1) is 9.10. The summed E-state index contributed by atoms with van der Waals surface area (Å²) in [6.07, 6.45) is 5.13. The van der Waals surface area contributed by atoms with Gasteiger partial charge in [-0.05, 0) is 18.2 Å². The fourth-order valence-electron chi connectivity index (χ4n) is 1.41. The Hall–Kier alpha value is -2.70. The molecule has 19 heavy (non-hydrogen) atoms. The minimum atomic E-state index is -0.442. The predicted octanol–water partition coefficient (Wildman–Crippen LogP) is 1.30. The van der Waals surface area contributed by atoms with Crippen LogP contribution in [-0.4, -0.2) is 38.6 Å². The quantitative estimate of drug-likeness (QED) is 0.376. The molecule has 0 spiro atoms. The van der Waals surface area contributed by atoms with Gasteiger partial charge < -0.3 is 36.2 Å². The molecule has 0 aromatic rings. The van der Waals surface area contributed by atoms with Crippen molar-refractivity contribution in [3.05, 3.63) is 59.4 Å². The number of nitrogens with one attached hydrogen (secondary N) is 2. The molecule has 0 saturated carbocycles. The Bertz CT molecular complexity index is 475. The van der Waals surface area contributed by atoms with Crippen molar-refractivity contribution in [2.45, 2.75) is 0 Å². The summed E-state index contributed by atoms with van der Waals surface area (Å²) in [5.74, 6) is -1.03. The molecule has 0 aromatic heterocycles. The standard InChI is InChI=1S/C12H16N2O5/c15-6-3-8-12(11(19)7-16)14-5-2-10(18)9(17)1-4-13-8/h1-3,6-7,13-19H,4-5H2/b6-3+,9-1+,10-2+,11-7-,12-8-. The van der Waals surface area contributed by atoms with E-state index in [0.717, 1.165) is 6.26 Å². The summed E-state index contributed by atoms with van der Waals surface area (Å²) in [4.78, 5) is 0. The van der Waals surface area contributed by atoms with Crippen LogP contribution >= 0.6 is 0 Å². The lowest BCUT2D eigenvalue weighted by Crippen LogP contribution is -2.25. The third-order valence-electron chi connectivity index (χ3n) is 2.31. The van der Waals surface area contributed by atoms with Crippen LogP contribution in [0.3, 0.4) is 0 Å². The third kappa shape index (κ3) is 3.91. The van der Waals surface area contributed by atoms with Crippen LogP contribution in [0, 0.1) is 0 Å². The second kappa shape index (κ2) is 6.90. The Labute approximate surface area is 109 Å². The normalized spacial score (nSPS) is 27.7. The second-order valence-corrected chi connectivity index (χ2v) is 3.56. The maximum absolute atomic E-state index is 9.56. The molecule has 1 aliphatic rings. The molecule has 0 unspecified atom stereocenters. The molecule has 1 rings (SSSR count). The molecule has 0 fully saturated rings. The van der Waals surface area contributed by atoms with Crippen molar-refractivity contribution < 1.29 is 25.5 Å². The fraction of sp³-hybridized carbons (Fsp3) is 0.167.